The zero-order valence-electron chi connectivity index (χ0n) is 9.74. The van der Waals surface area contributed by atoms with Gasteiger partial charge >= 0.3 is 0 Å². The van der Waals surface area contributed by atoms with E-state index in [9.17, 15) is 4.39 Å². The maximum atomic E-state index is 13.5. The maximum Gasteiger partial charge on any atom is 0.131 e. The molecule has 0 saturated heterocycles. The van der Waals surface area contributed by atoms with Gasteiger partial charge in [0.05, 0.1) is 0 Å². The van der Waals surface area contributed by atoms with Gasteiger partial charge in [-0.25, -0.2) is 14.4 Å². The summed E-state index contributed by atoms with van der Waals surface area (Å²) in [6.45, 7) is 0.312. The molecule has 0 bridgehead atoms. The zero-order chi connectivity index (χ0) is 13.0. The van der Waals surface area contributed by atoms with Crippen molar-refractivity contribution in [3.63, 3.8) is 0 Å². The first-order valence-corrected chi connectivity index (χ1v) is 5.74. The Hall–Kier alpha value is -1.88. The van der Waals surface area contributed by atoms with Crippen LogP contribution in [-0.4, -0.2) is 17.0 Å². The van der Waals surface area contributed by atoms with Crippen LogP contribution in [-0.2, 0) is 6.54 Å². The van der Waals surface area contributed by atoms with Gasteiger partial charge in [0.2, 0.25) is 0 Å². The van der Waals surface area contributed by atoms with Gasteiger partial charge in [0.25, 0.3) is 0 Å². The standard InChI is InChI=1S/C12H12ClFN4/c1-15-11-5-12(18-7-17-11)16-6-8-4-9(13)2-3-10(8)14/h2-5,7H,6H2,1H3,(H2,15,16,17,18). The van der Waals surface area contributed by atoms with Crippen LogP contribution in [0.2, 0.25) is 5.02 Å². The lowest BCUT2D eigenvalue weighted by atomic mass is 10.2. The molecule has 0 fully saturated rings. The number of rotatable bonds is 4. The third kappa shape index (κ3) is 3.07. The van der Waals surface area contributed by atoms with Gasteiger partial charge in [0.15, 0.2) is 0 Å². The summed E-state index contributed by atoms with van der Waals surface area (Å²) in [6.07, 6.45) is 1.43. The molecule has 1 heterocycles. The van der Waals surface area contributed by atoms with Gasteiger partial charge in [0.1, 0.15) is 23.8 Å². The van der Waals surface area contributed by atoms with Crippen molar-refractivity contribution >= 4 is 23.2 Å². The van der Waals surface area contributed by atoms with E-state index in [0.717, 1.165) is 0 Å². The first-order chi connectivity index (χ1) is 8.69. The highest BCUT2D eigenvalue weighted by Crippen LogP contribution is 2.16. The van der Waals surface area contributed by atoms with Gasteiger partial charge < -0.3 is 10.6 Å². The highest BCUT2D eigenvalue weighted by atomic mass is 35.5. The van der Waals surface area contributed by atoms with E-state index in [0.29, 0.717) is 28.8 Å². The summed E-state index contributed by atoms with van der Waals surface area (Å²) in [5.41, 5.74) is 0.493. The summed E-state index contributed by atoms with van der Waals surface area (Å²) in [6, 6.07) is 6.19. The Morgan fingerprint density at radius 1 is 1.22 bits per heavy atom. The smallest absolute Gasteiger partial charge is 0.131 e. The monoisotopic (exact) mass is 266 g/mol. The van der Waals surface area contributed by atoms with Crippen molar-refractivity contribution in [1.29, 1.82) is 0 Å². The number of halogens is 2. The SMILES string of the molecule is CNc1cc(NCc2cc(Cl)ccc2F)ncn1. The van der Waals surface area contributed by atoms with Crippen molar-refractivity contribution < 1.29 is 4.39 Å². The second-order valence-electron chi connectivity index (χ2n) is 3.63. The van der Waals surface area contributed by atoms with Crippen LogP contribution < -0.4 is 10.6 Å². The fourth-order valence-corrected chi connectivity index (χ4v) is 1.65. The highest BCUT2D eigenvalue weighted by Gasteiger charge is 2.03. The molecule has 4 nitrogen and oxygen atoms in total. The second-order valence-corrected chi connectivity index (χ2v) is 4.06. The van der Waals surface area contributed by atoms with E-state index in [1.165, 1.54) is 18.5 Å². The van der Waals surface area contributed by atoms with Gasteiger partial charge in [-0.15, -0.1) is 0 Å². The van der Waals surface area contributed by atoms with Crippen LogP contribution >= 0.6 is 11.6 Å². The third-order valence-electron chi connectivity index (χ3n) is 2.39. The molecule has 2 rings (SSSR count). The fourth-order valence-electron chi connectivity index (χ4n) is 1.46. The summed E-state index contributed by atoms with van der Waals surface area (Å²) in [5, 5.41) is 6.42. The minimum atomic E-state index is -0.296. The van der Waals surface area contributed by atoms with Crippen LogP contribution in [0.1, 0.15) is 5.56 Å². The van der Waals surface area contributed by atoms with E-state index in [-0.39, 0.29) is 5.82 Å². The lowest BCUT2D eigenvalue weighted by Crippen LogP contribution is -2.04. The van der Waals surface area contributed by atoms with E-state index in [1.54, 1.807) is 19.2 Å². The molecule has 0 aliphatic carbocycles. The van der Waals surface area contributed by atoms with Gasteiger partial charge in [0, 0.05) is 30.2 Å². The Bertz CT molecular complexity index is 547. The van der Waals surface area contributed by atoms with Crippen LogP contribution in [0.5, 0.6) is 0 Å². The summed E-state index contributed by atoms with van der Waals surface area (Å²) >= 11 is 5.82. The first kappa shape index (κ1) is 12.6. The molecule has 0 saturated carbocycles. The van der Waals surface area contributed by atoms with E-state index < -0.39 is 0 Å². The lowest BCUT2D eigenvalue weighted by Gasteiger charge is -2.08. The molecule has 0 aliphatic rings. The quantitative estimate of drug-likeness (QED) is 0.893. The molecule has 0 spiro atoms. The largest absolute Gasteiger partial charge is 0.373 e. The fraction of sp³-hybridized carbons (Fsp3) is 0.167. The molecule has 18 heavy (non-hydrogen) atoms. The Morgan fingerprint density at radius 2 is 2.00 bits per heavy atom. The number of aromatic nitrogens is 2. The molecule has 1 aromatic carbocycles. The summed E-state index contributed by atoms with van der Waals surface area (Å²) in [7, 11) is 1.77. The average Bonchev–Trinajstić information content (AvgIpc) is 2.40. The Kier molecular flexibility index (Phi) is 3.94. The molecule has 2 aromatic rings. The minimum Gasteiger partial charge on any atom is -0.373 e. The van der Waals surface area contributed by atoms with Crippen LogP contribution in [0, 0.1) is 5.82 Å². The summed E-state index contributed by atoms with van der Waals surface area (Å²) < 4.78 is 13.5. The minimum absolute atomic E-state index is 0.296. The number of anilines is 2. The predicted molar refractivity (Wildman–Crippen MR) is 70.3 cm³/mol. The molecule has 94 valence electrons. The normalized spacial score (nSPS) is 10.2. The van der Waals surface area contributed by atoms with Crippen LogP contribution in [0.15, 0.2) is 30.6 Å². The van der Waals surface area contributed by atoms with E-state index in [2.05, 4.69) is 20.6 Å². The Labute approximate surface area is 109 Å². The topological polar surface area (TPSA) is 49.8 Å². The van der Waals surface area contributed by atoms with E-state index in [4.69, 9.17) is 11.6 Å². The second kappa shape index (κ2) is 5.64. The van der Waals surface area contributed by atoms with Gasteiger partial charge in [-0.1, -0.05) is 11.6 Å². The molecular weight excluding hydrogens is 255 g/mol. The summed E-state index contributed by atoms with van der Waals surface area (Å²) in [4.78, 5) is 8.02. The molecular formula is C12H12ClFN4. The molecule has 6 heteroatoms. The Morgan fingerprint density at radius 3 is 2.78 bits per heavy atom. The predicted octanol–water partition coefficient (Wildman–Crippen LogP) is 2.92. The highest BCUT2D eigenvalue weighted by molar-refractivity contribution is 6.30. The molecule has 1 aromatic heterocycles. The first-order valence-electron chi connectivity index (χ1n) is 5.36. The molecule has 2 N–H and O–H groups in total. The van der Waals surface area contributed by atoms with E-state index in [1.807, 2.05) is 0 Å². The summed E-state index contributed by atoms with van der Waals surface area (Å²) in [5.74, 6) is 1.02. The van der Waals surface area contributed by atoms with Crippen LogP contribution in [0.3, 0.4) is 0 Å². The average molecular weight is 267 g/mol. The number of hydrogen-bond donors (Lipinski definition) is 2. The van der Waals surface area contributed by atoms with Gasteiger partial charge in [-0.05, 0) is 18.2 Å². The van der Waals surface area contributed by atoms with Crippen molar-refractivity contribution in [2.45, 2.75) is 6.54 Å². The third-order valence-corrected chi connectivity index (χ3v) is 2.63. The molecule has 0 aliphatic heterocycles. The Balaban J connectivity index is 2.08. The van der Waals surface area contributed by atoms with Crippen molar-refractivity contribution in [2.24, 2.45) is 0 Å². The lowest BCUT2D eigenvalue weighted by molar-refractivity contribution is 0.613. The van der Waals surface area contributed by atoms with Crippen molar-refractivity contribution in [1.82, 2.24) is 9.97 Å². The van der Waals surface area contributed by atoms with Crippen LogP contribution in [0.25, 0.3) is 0 Å². The zero-order valence-corrected chi connectivity index (χ0v) is 10.5. The van der Waals surface area contributed by atoms with Crippen LogP contribution in [0.4, 0.5) is 16.0 Å². The van der Waals surface area contributed by atoms with Gasteiger partial charge in [-0.3, -0.25) is 0 Å². The molecule has 0 radical (unpaired) electrons. The maximum absolute atomic E-state index is 13.5. The van der Waals surface area contributed by atoms with Crippen molar-refractivity contribution in [2.75, 3.05) is 17.7 Å². The molecule has 0 unspecified atom stereocenters. The van der Waals surface area contributed by atoms with Crippen molar-refractivity contribution in [3.05, 3.63) is 47.0 Å². The number of benzene rings is 1. The number of nitrogens with one attached hydrogen (secondary N) is 2. The van der Waals surface area contributed by atoms with Crippen molar-refractivity contribution in [3.8, 4) is 0 Å². The molecule has 0 atom stereocenters. The van der Waals surface area contributed by atoms with Gasteiger partial charge in [-0.2, -0.15) is 0 Å². The van der Waals surface area contributed by atoms with E-state index >= 15 is 0 Å². The number of hydrogen-bond acceptors (Lipinski definition) is 4. The molecule has 0 amide bonds. The number of nitrogens with zero attached hydrogens (tertiary/aromatic N) is 2.